The SMILES string of the molecule is CNC(C)(C)C(=O)Cc1ccc(Cl)cc1Cl. The van der Waals surface area contributed by atoms with Gasteiger partial charge < -0.3 is 5.32 Å². The van der Waals surface area contributed by atoms with Crippen molar-refractivity contribution in [1.82, 2.24) is 5.32 Å². The molecule has 1 aromatic rings. The van der Waals surface area contributed by atoms with Gasteiger partial charge in [-0.3, -0.25) is 4.79 Å². The number of benzene rings is 1. The number of rotatable bonds is 4. The molecule has 0 aliphatic heterocycles. The van der Waals surface area contributed by atoms with Crippen LogP contribution in [-0.2, 0) is 11.2 Å². The van der Waals surface area contributed by atoms with Crippen molar-refractivity contribution in [3.63, 3.8) is 0 Å². The van der Waals surface area contributed by atoms with Crippen molar-refractivity contribution < 1.29 is 4.79 Å². The van der Waals surface area contributed by atoms with Crippen LogP contribution in [0.2, 0.25) is 10.0 Å². The Balaban J connectivity index is 2.85. The van der Waals surface area contributed by atoms with Gasteiger partial charge in [0.2, 0.25) is 0 Å². The summed E-state index contributed by atoms with van der Waals surface area (Å²) < 4.78 is 0. The summed E-state index contributed by atoms with van der Waals surface area (Å²) in [7, 11) is 1.77. The van der Waals surface area contributed by atoms with Crippen molar-refractivity contribution in [3.8, 4) is 0 Å². The van der Waals surface area contributed by atoms with Gasteiger partial charge in [0, 0.05) is 16.5 Å². The minimum absolute atomic E-state index is 0.0965. The van der Waals surface area contributed by atoms with Gasteiger partial charge in [-0.1, -0.05) is 29.3 Å². The lowest BCUT2D eigenvalue weighted by Crippen LogP contribution is -2.45. The molecule has 0 amide bonds. The van der Waals surface area contributed by atoms with Crippen LogP contribution in [0.25, 0.3) is 0 Å². The number of nitrogens with one attached hydrogen (secondary N) is 1. The third kappa shape index (κ3) is 3.21. The molecule has 16 heavy (non-hydrogen) atoms. The Labute approximate surface area is 106 Å². The second kappa shape index (κ2) is 5.17. The lowest BCUT2D eigenvalue weighted by molar-refractivity contribution is -0.123. The molecule has 0 aliphatic carbocycles. The maximum Gasteiger partial charge on any atom is 0.156 e. The third-order valence-corrected chi connectivity index (χ3v) is 3.28. The van der Waals surface area contributed by atoms with E-state index in [0.717, 1.165) is 5.56 Å². The Morgan fingerprint density at radius 1 is 1.38 bits per heavy atom. The van der Waals surface area contributed by atoms with Gasteiger partial charge in [-0.2, -0.15) is 0 Å². The van der Waals surface area contributed by atoms with Gasteiger partial charge in [0.05, 0.1) is 5.54 Å². The fourth-order valence-electron chi connectivity index (χ4n) is 1.20. The molecule has 0 spiro atoms. The molecular weight excluding hydrogens is 245 g/mol. The number of ketones is 1. The van der Waals surface area contributed by atoms with Gasteiger partial charge in [-0.15, -0.1) is 0 Å². The standard InChI is InChI=1S/C12H15Cl2NO/c1-12(2,15-3)11(16)6-8-4-5-9(13)7-10(8)14/h4-5,7,15H,6H2,1-3H3. The molecule has 0 atom stereocenters. The number of carbonyl (C=O) groups excluding carboxylic acids is 1. The molecule has 0 heterocycles. The molecule has 0 aromatic heterocycles. The fourth-order valence-corrected chi connectivity index (χ4v) is 1.67. The van der Waals surface area contributed by atoms with E-state index in [1.165, 1.54) is 0 Å². The van der Waals surface area contributed by atoms with Crippen LogP contribution in [-0.4, -0.2) is 18.4 Å². The Kier molecular flexibility index (Phi) is 4.36. The highest BCUT2D eigenvalue weighted by Gasteiger charge is 2.25. The van der Waals surface area contributed by atoms with E-state index in [1.54, 1.807) is 25.2 Å². The molecule has 0 bridgehead atoms. The largest absolute Gasteiger partial charge is 0.308 e. The van der Waals surface area contributed by atoms with E-state index in [0.29, 0.717) is 16.5 Å². The minimum Gasteiger partial charge on any atom is -0.308 e. The lowest BCUT2D eigenvalue weighted by atomic mass is 9.94. The van der Waals surface area contributed by atoms with Crippen molar-refractivity contribution in [1.29, 1.82) is 0 Å². The van der Waals surface area contributed by atoms with E-state index in [4.69, 9.17) is 23.2 Å². The highest BCUT2D eigenvalue weighted by Crippen LogP contribution is 2.22. The van der Waals surface area contributed by atoms with Crippen molar-refractivity contribution in [2.45, 2.75) is 25.8 Å². The molecule has 0 fully saturated rings. The van der Waals surface area contributed by atoms with Gasteiger partial charge in [0.15, 0.2) is 5.78 Å². The maximum absolute atomic E-state index is 11.9. The molecule has 0 unspecified atom stereocenters. The quantitative estimate of drug-likeness (QED) is 0.901. The summed E-state index contributed by atoms with van der Waals surface area (Å²) in [5.74, 6) is 0.0965. The van der Waals surface area contributed by atoms with Crippen molar-refractivity contribution in [3.05, 3.63) is 33.8 Å². The molecular formula is C12H15Cl2NO. The molecule has 0 saturated heterocycles. The van der Waals surface area contributed by atoms with E-state index in [2.05, 4.69) is 5.32 Å². The second-order valence-electron chi connectivity index (χ2n) is 4.21. The monoisotopic (exact) mass is 259 g/mol. The Hall–Kier alpha value is -0.570. The average molecular weight is 260 g/mol. The number of hydrogen-bond donors (Lipinski definition) is 1. The smallest absolute Gasteiger partial charge is 0.156 e. The number of Topliss-reactive ketones (excluding diaryl/α,β-unsaturated/α-hetero) is 1. The summed E-state index contributed by atoms with van der Waals surface area (Å²) in [5, 5.41) is 4.09. The first-order chi connectivity index (χ1) is 7.36. The van der Waals surface area contributed by atoms with Crippen LogP contribution in [0.15, 0.2) is 18.2 Å². The van der Waals surface area contributed by atoms with E-state index in [9.17, 15) is 4.79 Å². The highest BCUT2D eigenvalue weighted by molar-refractivity contribution is 6.35. The fraction of sp³-hybridized carbons (Fsp3) is 0.417. The summed E-state index contributed by atoms with van der Waals surface area (Å²) in [5.41, 5.74) is 0.266. The maximum atomic E-state index is 11.9. The normalized spacial score (nSPS) is 11.6. The first kappa shape index (κ1) is 13.5. The van der Waals surface area contributed by atoms with Crippen molar-refractivity contribution in [2.24, 2.45) is 0 Å². The summed E-state index contributed by atoms with van der Waals surface area (Å²) in [6, 6.07) is 5.18. The molecule has 1 rings (SSSR count). The van der Waals surface area contributed by atoms with Crippen LogP contribution in [0.5, 0.6) is 0 Å². The van der Waals surface area contributed by atoms with Crippen molar-refractivity contribution in [2.75, 3.05) is 7.05 Å². The first-order valence-electron chi connectivity index (χ1n) is 5.03. The van der Waals surface area contributed by atoms with Crippen LogP contribution in [0.4, 0.5) is 0 Å². The van der Waals surface area contributed by atoms with Gasteiger partial charge in [-0.25, -0.2) is 0 Å². The molecule has 1 aromatic carbocycles. The minimum atomic E-state index is -0.539. The number of halogens is 2. The highest BCUT2D eigenvalue weighted by atomic mass is 35.5. The number of hydrogen-bond acceptors (Lipinski definition) is 2. The zero-order valence-electron chi connectivity index (χ0n) is 9.60. The van der Waals surface area contributed by atoms with Crippen molar-refractivity contribution >= 4 is 29.0 Å². The summed E-state index contributed by atoms with van der Waals surface area (Å²) in [4.78, 5) is 11.9. The molecule has 4 heteroatoms. The molecule has 0 aliphatic rings. The first-order valence-corrected chi connectivity index (χ1v) is 5.78. The molecule has 0 radical (unpaired) electrons. The topological polar surface area (TPSA) is 29.1 Å². The number of likely N-dealkylation sites (N-methyl/N-ethyl adjacent to an activating group) is 1. The molecule has 1 N–H and O–H groups in total. The second-order valence-corrected chi connectivity index (χ2v) is 5.05. The van der Waals surface area contributed by atoms with E-state index < -0.39 is 5.54 Å². The van der Waals surface area contributed by atoms with Crippen LogP contribution in [0, 0.1) is 0 Å². The summed E-state index contributed by atoms with van der Waals surface area (Å²) in [6.45, 7) is 3.69. The Morgan fingerprint density at radius 3 is 2.50 bits per heavy atom. The Bertz CT molecular complexity index is 402. The predicted octanol–water partition coefficient (Wildman–Crippen LogP) is 3.10. The van der Waals surface area contributed by atoms with Gasteiger partial charge in [0.25, 0.3) is 0 Å². The summed E-state index contributed by atoms with van der Waals surface area (Å²) in [6.07, 6.45) is 0.309. The van der Waals surface area contributed by atoms with E-state index in [1.807, 2.05) is 13.8 Å². The lowest BCUT2D eigenvalue weighted by Gasteiger charge is -2.22. The zero-order chi connectivity index (χ0) is 12.3. The predicted molar refractivity (Wildman–Crippen MR) is 68.3 cm³/mol. The third-order valence-electron chi connectivity index (χ3n) is 2.69. The van der Waals surface area contributed by atoms with Crippen LogP contribution < -0.4 is 5.32 Å². The average Bonchev–Trinajstić information content (AvgIpc) is 2.22. The van der Waals surface area contributed by atoms with Crippen LogP contribution in [0.3, 0.4) is 0 Å². The van der Waals surface area contributed by atoms with E-state index in [-0.39, 0.29) is 5.78 Å². The molecule has 88 valence electrons. The van der Waals surface area contributed by atoms with Crippen LogP contribution in [0.1, 0.15) is 19.4 Å². The van der Waals surface area contributed by atoms with Gasteiger partial charge in [0.1, 0.15) is 0 Å². The van der Waals surface area contributed by atoms with E-state index >= 15 is 0 Å². The van der Waals surface area contributed by atoms with Gasteiger partial charge in [-0.05, 0) is 38.6 Å². The van der Waals surface area contributed by atoms with Gasteiger partial charge >= 0.3 is 0 Å². The molecule has 0 saturated carbocycles. The zero-order valence-corrected chi connectivity index (χ0v) is 11.1. The summed E-state index contributed by atoms with van der Waals surface area (Å²) >= 11 is 11.8. The Morgan fingerprint density at radius 2 is 2.00 bits per heavy atom. The van der Waals surface area contributed by atoms with Crippen LogP contribution >= 0.6 is 23.2 Å². The number of carbonyl (C=O) groups is 1. The molecule has 2 nitrogen and oxygen atoms in total.